The zero-order valence-corrected chi connectivity index (χ0v) is 19.1. The van der Waals surface area contributed by atoms with Crippen LogP contribution in [0.25, 0.3) is 16.9 Å². The van der Waals surface area contributed by atoms with Crippen LogP contribution in [0.4, 0.5) is 4.39 Å². The lowest BCUT2D eigenvalue weighted by atomic mass is 10.1. The quantitative estimate of drug-likeness (QED) is 0.464. The number of aromatic nitrogens is 2. The molecule has 8 heteroatoms. The molecule has 1 aliphatic heterocycles. The second-order valence-corrected chi connectivity index (χ2v) is 8.63. The van der Waals surface area contributed by atoms with Gasteiger partial charge in [-0.05, 0) is 61.4 Å². The SMILES string of the molecule is Cc1ccc2nc(-c3ccc(F)c(C)c3)c(CC(=O)N3CCN(C(=O)c4ccco4)CC3)n2c1. The molecule has 3 aromatic heterocycles. The zero-order chi connectivity index (χ0) is 23.8. The highest BCUT2D eigenvalue weighted by atomic mass is 19.1. The van der Waals surface area contributed by atoms with Gasteiger partial charge in [0.25, 0.3) is 5.91 Å². The molecule has 1 saturated heterocycles. The van der Waals surface area contributed by atoms with Crippen LogP contribution >= 0.6 is 0 Å². The van der Waals surface area contributed by atoms with Crippen LogP contribution in [-0.2, 0) is 11.2 Å². The van der Waals surface area contributed by atoms with Gasteiger partial charge in [-0.1, -0.05) is 6.07 Å². The largest absolute Gasteiger partial charge is 0.459 e. The summed E-state index contributed by atoms with van der Waals surface area (Å²) in [6.07, 6.45) is 3.60. The molecule has 0 bridgehead atoms. The van der Waals surface area contributed by atoms with E-state index in [1.54, 1.807) is 41.0 Å². The number of piperazine rings is 1. The first kappa shape index (κ1) is 21.9. The number of furan rings is 1. The van der Waals surface area contributed by atoms with Crippen molar-refractivity contribution in [1.29, 1.82) is 0 Å². The van der Waals surface area contributed by atoms with E-state index in [0.29, 0.717) is 43.2 Å². The van der Waals surface area contributed by atoms with Gasteiger partial charge >= 0.3 is 0 Å². The number of aryl methyl sites for hydroxylation is 2. The standard InChI is InChI=1S/C26H25FN4O3/c1-17-5-8-23-28-25(19-6-7-20(27)18(2)14-19)21(31(23)16-17)15-24(32)29-9-11-30(12-10-29)26(33)22-4-3-13-34-22/h3-8,13-14,16H,9-12,15H2,1-2H3. The second-order valence-electron chi connectivity index (χ2n) is 8.63. The zero-order valence-electron chi connectivity index (χ0n) is 19.1. The highest BCUT2D eigenvalue weighted by Gasteiger charge is 2.27. The summed E-state index contributed by atoms with van der Waals surface area (Å²) in [7, 11) is 0. The summed E-state index contributed by atoms with van der Waals surface area (Å²) in [6, 6.07) is 12.1. The van der Waals surface area contributed by atoms with E-state index in [0.717, 1.165) is 22.5 Å². The van der Waals surface area contributed by atoms with Crippen molar-refractivity contribution in [1.82, 2.24) is 19.2 Å². The van der Waals surface area contributed by atoms with Gasteiger partial charge in [-0.15, -0.1) is 0 Å². The summed E-state index contributed by atoms with van der Waals surface area (Å²) in [4.78, 5) is 34.1. The number of fused-ring (bicyclic) bond motifs is 1. The van der Waals surface area contributed by atoms with Gasteiger partial charge in [-0.3, -0.25) is 9.59 Å². The monoisotopic (exact) mass is 460 g/mol. The molecule has 0 saturated carbocycles. The number of rotatable bonds is 4. The highest BCUT2D eigenvalue weighted by Crippen LogP contribution is 2.27. The van der Waals surface area contributed by atoms with Gasteiger partial charge in [0.2, 0.25) is 5.91 Å². The fraction of sp³-hybridized carbons (Fsp3) is 0.269. The topological polar surface area (TPSA) is 71.1 Å². The molecule has 0 aliphatic carbocycles. The molecule has 7 nitrogen and oxygen atoms in total. The third-order valence-corrected chi connectivity index (χ3v) is 6.27. The predicted octanol–water partition coefficient (Wildman–Crippen LogP) is 3.88. The summed E-state index contributed by atoms with van der Waals surface area (Å²) < 4.78 is 21.0. The van der Waals surface area contributed by atoms with E-state index in [2.05, 4.69) is 0 Å². The van der Waals surface area contributed by atoms with Crippen LogP contribution < -0.4 is 0 Å². The summed E-state index contributed by atoms with van der Waals surface area (Å²) in [5, 5.41) is 0. The Balaban J connectivity index is 1.39. The number of nitrogens with zero attached hydrogens (tertiary/aromatic N) is 4. The Hall–Kier alpha value is -3.94. The first-order valence-electron chi connectivity index (χ1n) is 11.3. The van der Waals surface area contributed by atoms with Gasteiger partial charge in [-0.25, -0.2) is 9.37 Å². The summed E-state index contributed by atoms with van der Waals surface area (Å²) in [5.41, 5.74) is 4.53. The Morgan fingerprint density at radius 2 is 1.79 bits per heavy atom. The van der Waals surface area contributed by atoms with Crippen molar-refractivity contribution in [3.8, 4) is 11.3 Å². The summed E-state index contributed by atoms with van der Waals surface area (Å²) in [6.45, 7) is 5.50. The van der Waals surface area contributed by atoms with E-state index < -0.39 is 0 Å². The fourth-order valence-corrected chi connectivity index (χ4v) is 4.36. The molecule has 4 heterocycles. The third-order valence-electron chi connectivity index (χ3n) is 6.27. The van der Waals surface area contributed by atoms with Crippen molar-refractivity contribution in [2.75, 3.05) is 26.2 Å². The van der Waals surface area contributed by atoms with Crippen molar-refractivity contribution in [3.63, 3.8) is 0 Å². The molecule has 0 unspecified atom stereocenters. The molecule has 5 rings (SSSR count). The highest BCUT2D eigenvalue weighted by molar-refractivity contribution is 5.91. The van der Waals surface area contributed by atoms with E-state index >= 15 is 0 Å². The van der Waals surface area contributed by atoms with Gasteiger partial charge in [0.1, 0.15) is 11.5 Å². The van der Waals surface area contributed by atoms with Crippen molar-refractivity contribution in [2.45, 2.75) is 20.3 Å². The molecule has 0 N–H and O–H groups in total. The van der Waals surface area contributed by atoms with Crippen LogP contribution in [0, 0.1) is 19.7 Å². The molecule has 0 spiro atoms. The van der Waals surface area contributed by atoms with Crippen molar-refractivity contribution in [3.05, 3.63) is 83.3 Å². The van der Waals surface area contributed by atoms with Crippen LogP contribution in [0.1, 0.15) is 27.4 Å². The number of pyridine rings is 1. The molecular formula is C26H25FN4O3. The number of amides is 2. The molecule has 1 aliphatic rings. The molecule has 2 amide bonds. The lowest BCUT2D eigenvalue weighted by molar-refractivity contribution is -0.132. The average molecular weight is 461 g/mol. The maximum absolute atomic E-state index is 13.9. The first-order valence-corrected chi connectivity index (χ1v) is 11.3. The van der Waals surface area contributed by atoms with Gasteiger partial charge < -0.3 is 18.6 Å². The minimum absolute atomic E-state index is 0.0338. The van der Waals surface area contributed by atoms with Crippen LogP contribution in [0.15, 0.2) is 59.3 Å². The van der Waals surface area contributed by atoms with Crippen LogP contribution in [0.5, 0.6) is 0 Å². The van der Waals surface area contributed by atoms with E-state index in [1.165, 1.54) is 12.3 Å². The van der Waals surface area contributed by atoms with Gasteiger partial charge in [0.15, 0.2) is 5.76 Å². The van der Waals surface area contributed by atoms with Crippen molar-refractivity contribution < 1.29 is 18.4 Å². The first-order chi connectivity index (χ1) is 16.4. The molecule has 1 aromatic carbocycles. The van der Waals surface area contributed by atoms with Crippen LogP contribution in [0.3, 0.4) is 0 Å². The fourth-order valence-electron chi connectivity index (χ4n) is 4.36. The van der Waals surface area contributed by atoms with Crippen molar-refractivity contribution >= 4 is 17.5 Å². The van der Waals surface area contributed by atoms with Gasteiger partial charge in [-0.2, -0.15) is 0 Å². The number of hydrogen-bond acceptors (Lipinski definition) is 4. The number of hydrogen-bond donors (Lipinski definition) is 0. The predicted molar refractivity (Wildman–Crippen MR) is 125 cm³/mol. The third kappa shape index (κ3) is 4.07. The molecule has 0 radical (unpaired) electrons. The molecule has 34 heavy (non-hydrogen) atoms. The Morgan fingerprint density at radius 1 is 1.03 bits per heavy atom. The maximum Gasteiger partial charge on any atom is 0.289 e. The molecule has 4 aromatic rings. The Morgan fingerprint density at radius 3 is 2.50 bits per heavy atom. The number of carbonyl (C=O) groups is 2. The smallest absolute Gasteiger partial charge is 0.289 e. The Bertz CT molecular complexity index is 1370. The van der Waals surface area contributed by atoms with Crippen LogP contribution in [-0.4, -0.2) is 57.2 Å². The van der Waals surface area contributed by atoms with Crippen LogP contribution in [0.2, 0.25) is 0 Å². The van der Waals surface area contributed by atoms with Gasteiger partial charge in [0, 0.05) is 37.9 Å². The normalized spacial score (nSPS) is 14.1. The Labute approximate surface area is 196 Å². The molecule has 0 atom stereocenters. The lowest BCUT2D eigenvalue weighted by Gasteiger charge is -2.34. The molecule has 1 fully saturated rings. The lowest BCUT2D eigenvalue weighted by Crippen LogP contribution is -2.51. The van der Waals surface area contributed by atoms with Gasteiger partial charge in [0.05, 0.1) is 24.1 Å². The average Bonchev–Trinajstić information content (AvgIpc) is 3.49. The Kier molecular flexibility index (Phi) is 5.65. The van der Waals surface area contributed by atoms with E-state index in [9.17, 15) is 14.0 Å². The van der Waals surface area contributed by atoms with E-state index in [-0.39, 0.29) is 24.1 Å². The van der Waals surface area contributed by atoms with Crippen molar-refractivity contribution in [2.24, 2.45) is 0 Å². The second kappa shape index (κ2) is 8.78. The number of halogens is 1. The van der Waals surface area contributed by atoms with E-state index in [4.69, 9.17) is 9.40 Å². The summed E-state index contributed by atoms with van der Waals surface area (Å²) in [5.74, 6) is -0.167. The number of benzene rings is 1. The number of carbonyl (C=O) groups excluding carboxylic acids is 2. The molecule has 174 valence electrons. The minimum Gasteiger partial charge on any atom is -0.459 e. The molecular weight excluding hydrogens is 435 g/mol. The van der Waals surface area contributed by atoms with E-state index in [1.807, 2.05) is 29.7 Å². The minimum atomic E-state index is -0.275. The number of imidazole rings is 1. The summed E-state index contributed by atoms with van der Waals surface area (Å²) >= 11 is 0. The maximum atomic E-state index is 13.9.